The monoisotopic (exact) mass is 190 g/mol. The zero-order valence-electron chi connectivity index (χ0n) is 8.08. The maximum Gasteiger partial charge on any atom is 0.237 e. The van der Waals surface area contributed by atoms with E-state index in [1.807, 2.05) is 0 Å². The third-order valence-corrected chi connectivity index (χ3v) is 1.90. The Morgan fingerprint density at radius 2 is 2.00 bits per heavy atom. The molecule has 0 aliphatic carbocycles. The van der Waals surface area contributed by atoms with Gasteiger partial charge in [-0.2, -0.15) is 0 Å². The second kappa shape index (κ2) is 5.16. The number of amides is 1. The van der Waals surface area contributed by atoms with Crippen LogP contribution in [0.2, 0.25) is 0 Å². The minimum atomic E-state index is -0.982. The summed E-state index contributed by atoms with van der Waals surface area (Å²) >= 11 is 0. The van der Waals surface area contributed by atoms with Crippen LogP contribution < -0.4 is 11.1 Å². The molecule has 0 unspecified atom stereocenters. The van der Waals surface area contributed by atoms with Crippen LogP contribution in [0.3, 0.4) is 0 Å². The van der Waals surface area contributed by atoms with Gasteiger partial charge in [-0.1, -0.05) is 6.92 Å². The highest BCUT2D eigenvalue weighted by Gasteiger charge is 2.26. The Balaban J connectivity index is 4.17. The fraction of sp³-hybridized carbons (Fsp3) is 0.875. The average molecular weight is 190 g/mol. The second-order valence-electron chi connectivity index (χ2n) is 3.38. The first-order chi connectivity index (χ1) is 5.99. The minimum Gasteiger partial charge on any atom is -0.394 e. The maximum absolute atomic E-state index is 11.2. The Kier molecular flexibility index (Phi) is 4.90. The molecule has 0 spiro atoms. The summed E-state index contributed by atoms with van der Waals surface area (Å²) in [6, 6.07) is -0.586. The molecule has 0 fully saturated rings. The lowest BCUT2D eigenvalue weighted by atomic mass is 10.0. The first kappa shape index (κ1) is 12.3. The fourth-order valence-electron chi connectivity index (χ4n) is 0.705. The molecule has 5 nitrogen and oxygen atoms in total. The van der Waals surface area contributed by atoms with E-state index in [1.165, 1.54) is 0 Å². The highest BCUT2D eigenvalue weighted by Crippen LogP contribution is 2.01. The number of hydrogen-bond donors (Lipinski definition) is 4. The number of carbonyl (C=O) groups is 1. The van der Waals surface area contributed by atoms with E-state index in [2.05, 4.69) is 5.32 Å². The number of rotatable bonds is 5. The Morgan fingerprint density at radius 1 is 1.54 bits per heavy atom. The standard InChI is InChI=1S/C8H18N2O3/c1-3-6(9)7(13)10-8(2,4-11)5-12/h6,11-12H,3-5,9H2,1-2H3,(H,10,13)/t6-/m0/s1. The molecule has 0 saturated carbocycles. The first-order valence-electron chi connectivity index (χ1n) is 4.28. The van der Waals surface area contributed by atoms with Crippen molar-refractivity contribution < 1.29 is 15.0 Å². The molecule has 0 bridgehead atoms. The van der Waals surface area contributed by atoms with Crippen LogP contribution in [0.25, 0.3) is 0 Å². The molecule has 13 heavy (non-hydrogen) atoms. The second-order valence-corrected chi connectivity index (χ2v) is 3.38. The molecule has 0 aliphatic heterocycles. The lowest BCUT2D eigenvalue weighted by Crippen LogP contribution is -2.56. The maximum atomic E-state index is 11.2. The van der Waals surface area contributed by atoms with E-state index in [1.54, 1.807) is 13.8 Å². The van der Waals surface area contributed by atoms with Crippen LogP contribution in [-0.4, -0.2) is 40.9 Å². The van der Waals surface area contributed by atoms with E-state index < -0.39 is 11.6 Å². The summed E-state index contributed by atoms with van der Waals surface area (Å²) in [6.07, 6.45) is 0.527. The molecule has 0 heterocycles. The highest BCUT2D eigenvalue weighted by molar-refractivity contribution is 5.82. The third kappa shape index (κ3) is 3.71. The molecule has 5 N–H and O–H groups in total. The van der Waals surface area contributed by atoms with Gasteiger partial charge in [-0.3, -0.25) is 4.79 Å². The van der Waals surface area contributed by atoms with Crippen molar-refractivity contribution in [1.29, 1.82) is 0 Å². The summed E-state index contributed by atoms with van der Waals surface area (Å²) in [7, 11) is 0. The molecule has 0 aromatic heterocycles. The quantitative estimate of drug-likeness (QED) is 0.428. The molecule has 0 saturated heterocycles. The zero-order chi connectivity index (χ0) is 10.5. The zero-order valence-corrected chi connectivity index (χ0v) is 8.08. The van der Waals surface area contributed by atoms with Crippen LogP contribution >= 0.6 is 0 Å². The molecule has 1 amide bonds. The van der Waals surface area contributed by atoms with Gasteiger partial charge in [0.1, 0.15) is 0 Å². The number of carbonyl (C=O) groups excluding carboxylic acids is 1. The van der Waals surface area contributed by atoms with Gasteiger partial charge in [-0.25, -0.2) is 0 Å². The van der Waals surface area contributed by atoms with Crippen molar-refractivity contribution in [2.45, 2.75) is 31.8 Å². The first-order valence-corrected chi connectivity index (χ1v) is 4.28. The Labute approximate surface area is 77.9 Å². The average Bonchev–Trinajstić information content (AvgIpc) is 2.16. The van der Waals surface area contributed by atoms with Gasteiger partial charge in [0.2, 0.25) is 5.91 Å². The van der Waals surface area contributed by atoms with Crippen LogP contribution in [0.5, 0.6) is 0 Å². The Bertz CT molecular complexity index is 169. The molecular weight excluding hydrogens is 172 g/mol. The largest absolute Gasteiger partial charge is 0.394 e. The van der Waals surface area contributed by atoms with Crippen molar-refractivity contribution in [3.05, 3.63) is 0 Å². The minimum absolute atomic E-state index is 0.314. The summed E-state index contributed by atoms with van der Waals surface area (Å²) < 4.78 is 0. The lowest BCUT2D eigenvalue weighted by molar-refractivity contribution is -0.125. The van der Waals surface area contributed by atoms with E-state index in [0.717, 1.165) is 0 Å². The molecule has 0 aromatic carbocycles. The normalized spacial score (nSPS) is 13.9. The van der Waals surface area contributed by atoms with Gasteiger partial charge >= 0.3 is 0 Å². The molecule has 0 radical (unpaired) electrons. The van der Waals surface area contributed by atoms with Gasteiger partial charge < -0.3 is 21.3 Å². The van der Waals surface area contributed by atoms with Gasteiger partial charge in [0.05, 0.1) is 24.8 Å². The van der Waals surface area contributed by atoms with Gasteiger partial charge in [-0.15, -0.1) is 0 Å². The molecule has 78 valence electrons. The van der Waals surface area contributed by atoms with E-state index in [-0.39, 0.29) is 19.1 Å². The van der Waals surface area contributed by atoms with Gasteiger partial charge in [0, 0.05) is 0 Å². The SMILES string of the molecule is CC[C@H](N)C(=O)NC(C)(CO)CO. The summed E-state index contributed by atoms with van der Waals surface area (Å²) in [5.41, 5.74) is 4.48. The fourth-order valence-corrected chi connectivity index (χ4v) is 0.705. The van der Waals surface area contributed by atoms with E-state index in [0.29, 0.717) is 6.42 Å². The molecular formula is C8H18N2O3. The highest BCUT2D eigenvalue weighted by atomic mass is 16.3. The Morgan fingerprint density at radius 3 is 2.31 bits per heavy atom. The van der Waals surface area contributed by atoms with Crippen molar-refractivity contribution in [3.63, 3.8) is 0 Å². The van der Waals surface area contributed by atoms with Crippen LogP contribution in [-0.2, 0) is 4.79 Å². The summed E-state index contributed by atoms with van der Waals surface area (Å²) in [5, 5.41) is 20.2. The smallest absolute Gasteiger partial charge is 0.237 e. The van der Waals surface area contributed by atoms with Crippen molar-refractivity contribution in [1.82, 2.24) is 5.32 Å². The van der Waals surface area contributed by atoms with E-state index in [9.17, 15) is 4.79 Å². The molecule has 0 rings (SSSR count). The van der Waals surface area contributed by atoms with Crippen LogP contribution in [0, 0.1) is 0 Å². The topological polar surface area (TPSA) is 95.6 Å². The number of nitrogens with one attached hydrogen (secondary N) is 1. The predicted octanol–water partition coefficient (Wildman–Crippen LogP) is -1.42. The molecule has 0 aromatic rings. The van der Waals surface area contributed by atoms with Crippen molar-refractivity contribution in [3.8, 4) is 0 Å². The van der Waals surface area contributed by atoms with Crippen molar-refractivity contribution in [2.75, 3.05) is 13.2 Å². The summed E-state index contributed by atoms with van der Waals surface area (Å²) in [5.74, 6) is -0.354. The van der Waals surface area contributed by atoms with E-state index >= 15 is 0 Å². The lowest BCUT2D eigenvalue weighted by Gasteiger charge is -2.27. The van der Waals surface area contributed by atoms with Crippen molar-refractivity contribution >= 4 is 5.91 Å². The van der Waals surface area contributed by atoms with Crippen LogP contribution in [0.15, 0.2) is 0 Å². The molecule has 5 heteroatoms. The van der Waals surface area contributed by atoms with Crippen molar-refractivity contribution in [2.24, 2.45) is 5.73 Å². The van der Waals surface area contributed by atoms with Crippen LogP contribution in [0.4, 0.5) is 0 Å². The third-order valence-electron chi connectivity index (χ3n) is 1.90. The number of hydrogen-bond acceptors (Lipinski definition) is 4. The summed E-state index contributed by atoms with van der Waals surface area (Å²) in [4.78, 5) is 11.2. The number of aliphatic hydroxyl groups excluding tert-OH is 2. The molecule has 1 atom stereocenters. The van der Waals surface area contributed by atoms with Crippen LogP contribution in [0.1, 0.15) is 20.3 Å². The number of nitrogens with two attached hydrogens (primary N) is 1. The Hall–Kier alpha value is -0.650. The van der Waals surface area contributed by atoms with E-state index in [4.69, 9.17) is 15.9 Å². The summed E-state index contributed by atoms with van der Waals surface area (Å²) in [6.45, 7) is 2.71. The van der Waals surface area contributed by atoms with Gasteiger partial charge in [-0.05, 0) is 13.3 Å². The van der Waals surface area contributed by atoms with Gasteiger partial charge in [0.25, 0.3) is 0 Å². The number of aliphatic hydroxyl groups is 2. The molecule has 0 aliphatic rings. The predicted molar refractivity (Wildman–Crippen MR) is 49.0 cm³/mol. The van der Waals surface area contributed by atoms with Gasteiger partial charge in [0.15, 0.2) is 0 Å².